The Balaban J connectivity index is 1.65. The van der Waals surface area contributed by atoms with Crippen LogP contribution in [-0.4, -0.2) is 39.0 Å². The van der Waals surface area contributed by atoms with E-state index in [1.807, 2.05) is 54.4 Å². The van der Waals surface area contributed by atoms with Crippen molar-refractivity contribution in [1.29, 1.82) is 0 Å². The quantitative estimate of drug-likeness (QED) is 0.549. The monoisotopic (exact) mass is 430 g/mol. The van der Waals surface area contributed by atoms with Crippen molar-refractivity contribution in [3.8, 4) is 11.3 Å². The van der Waals surface area contributed by atoms with Gasteiger partial charge in [0.25, 0.3) is 0 Å². The minimum Gasteiger partial charge on any atom is -0.381 e. The van der Waals surface area contributed by atoms with Crippen LogP contribution in [0.4, 0.5) is 0 Å². The van der Waals surface area contributed by atoms with Crippen molar-refractivity contribution in [2.24, 2.45) is 5.92 Å². The molecule has 32 heavy (non-hydrogen) atoms. The van der Waals surface area contributed by atoms with Crippen molar-refractivity contribution in [3.05, 3.63) is 78.0 Å². The highest BCUT2D eigenvalue weighted by atomic mass is 16.5. The van der Waals surface area contributed by atoms with Crippen molar-refractivity contribution < 1.29 is 9.53 Å². The maximum absolute atomic E-state index is 13.7. The molecule has 1 saturated carbocycles. The molecule has 0 spiro atoms. The number of benzene rings is 1. The lowest BCUT2D eigenvalue weighted by atomic mass is 9.86. The minimum atomic E-state index is -0.0290. The van der Waals surface area contributed by atoms with E-state index in [0.717, 1.165) is 48.2 Å². The van der Waals surface area contributed by atoms with E-state index in [1.165, 1.54) is 0 Å². The second kappa shape index (κ2) is 10.5. The van der Waals surface area contributed by atoms with E-state index in [0.29, 0.717) is 18.9 Å². The summed E-state index contributed by atoms with van der Waals surface area (Å²) in [6.45, 7) is 2.83. The van der Waals surface area contributed by atoms with E-state index < -0.39 is 0 Å². The summed E-state index contributed by atoms with van der Waals surface area (Å²) in [5, 5.41) is 0. The zero-order chi connectivity index (χ0) is 22.3. The zero-order valence-corrected chi connectivity index (χ0v) is 18.8. The van der Waals surface area contributed by atoms with Gasteiger partial charge >= 0.3 is 0 Å². The van der Waals surface area contributed by atoms with Gasteiger partial charge in [0.05, 0.1) is 24.0 Å². The highest BCUT2D eigenvalue weighted by molar-refractivity contribution is 5.79. The fourth-order valence-corrected chi connectivity index (χ4v) is 4.41. The number of nitrogens with zero attached hydrogens (tertiary/aromatic N) is 4. The van der Waals surface area contributed by atoms with Crippen molar-refractivity contribution in [1.82, 2.24) is 19.9 Å². The molecule has 6 nitrogen and oxygen atoms in total. The van der Waals surface area contributed by atoms with Crippen LogP contribution in [0.5, 0.6) is 0 Å². The molecule has 4 rings (SSSR count). The fraction of sp³-hybridized carbons (Fsp3) is 0.385. The van der Waals surface area contributed by atoms with E-state index in [-0.39, 0.29) is 17.9 Å². The average Bonchev–Trinajstić information content (AvgIpc) is 2.84. The molecule has 6 heteroatoms. The van der Waals surface area contributed by atoms with Crippen LogP contribution in [0.3, 0.4) is 0 Å². The minimum absolute atomic E-state index is 0.0290. The number of aromatic nitrogens is 3. The molecule has 2 aromatic heterocycles. The van der Waals surface area contributed by atoms with Gasteiger partial charge in [0, 0.05) is 37.5 Å². The predicted molar refractivity (Wildman–Crippen MR) is 123 cm³/mol. The van der Waals surface area contributed by atoms with Gasteiger partial charge in [0.2, 0.25) is 5.91 Å². The van der Waals surface area contributed by atoms with Crippen LogP contribution in [0, 0.1) is 12.8 Å². The van der Waals surface area contributed by atoms with Crippen LogP contribution in [0.2, 0.25) is 0 Å². The third-order valence-electron chi connectivity index (χ3n) is 6.11. The fourth-order valence-electron chi connectivity index (χ4n) is 4.41. The molecule has 3 aromatic rings. The molecule has 0 saturated heterocycles. The van der Waals surface area contributed by atoms with E-state index in [9.17, 15) is 4.79 Å². The first-order valence-corrected chi connectivity index (χ1v) is 11.2. The molecule has 0 N–H and O–H groups in total. The van der Waals surface area contributed by atoms with Crippen molar-refractivity contribution in [2.75, 3.05) is 7.11 Å². The molecule has 1 aliphatic rings. The number of amides is 1. The number of ether oxygens (including phenoxy) is 1. The second-order valence-electron chi connectivity index (χ2n) is 8.39. The topological polar surface area (TPSA) is 68.2 Å². The predicted octanol–water partition coefficient (Wildman–Crippen LogP) is 4.58. The lowest BCUT2D eigenvalue weighted by Crippen LogP contribution is -2.39. The van der Waals surface area contributed by atoms with Crippen LogP contribution in [0.1, 0.15) is 42.8 Å². The highest BCUT2D eigenvalue weighted by Crippen LogP contribution is 2.29. The zero-order valence-electron chi connectivity index (χ0n) is 18.8. The molecule has 0 unspecified atom stereocenters. The second-order valence-corrected chi connectivity index (χ2v) is 8.39. The lowest BCUT2D eigenvalue weighted by molar-refractivity contribution is -0.139. The highest BCUT2D eigenvalue weighted by Gasteiger charge is 2.31. The Hall–Kier alpha value is -3.12. The molecule has 166 valence electrons. The van der Waals surface area contributed by atoms with E-state index in [4.69, 9.17) is 9.72 Å². The number of methoxy groups -OCH3 is 1. The molecule has 1 aromatic carbocycles. The van der Waals surface area contributed by atoms with Gasteiger partial charge in [0.15, 0.2) is 0 Å². The first kappa shape index (κ1) is 22.1. The summed E-state index contributed by atoms with van der Waals surface area (Å²) in [6.07, 6.45) is 7.44. The van der Waals surface area contributed by atoms with Crippen LogP contribution >= 0.6 is 0 Å². The standard InChI is InChI=1S/C26H30N4O2/c1-19-28-16-23(24-13-6-7-14-27-24)25(29-19)18-30(17-20-9-4-3-5-10-20)26(31)21-11-8-12-22(15-21)32-2/h3-7,9-10,13-14,16,21-22H,8,11-12,15,17-18H2,1-2H3/t21-,22+/m0/s1. The Bertz CT molecular complexity index is 1030. The number of rotatable bonds is 7. The van der Waals surface area contributed by atoms with Gasteiger partial charge in [-0.05, 0) is 43.9 Å². The number of carbonyl (C=O) groups excluding carboxylic acids is 1. The Morgan fingerprint density at radius 3 is 2.62 bits per heavy atom. The van der Waals surface area contributed by atoms with Gasteiger partial charge in [-0.25, -0.2) is 9.97 Å². The van der Waals surface area contributed by atoms with Crippen molar-refractivity contribution in [3.63, 3.8) is 0 Å². The van der Waals surface area contributed by atoms with Gasteiger partial charge in [-0.2, -0.15) is 0 Å². The van der Waals surface area contributed by atoms with Crippen LogP contribution in [0.15, 0.2) is 60.9 Å². The number of hydrogen-bond donors (Lipinski definition) is 0. The van der Waals surface area contributed by atoms with E-state index in [1.54, 1.807) is 13.3 Å². The maximum atomic E-state index is 13.7. The summed E-state index contributed by atoms with van der Waals surface area (Å²) in [7, 11) is 1.74. The molecule has 1 amide bonds. The molecule has 2 atom stereocenters. The molecule has 0 aliphatic heterocycles. The third kappa shape index (κ3) is 5.37. The van der Waals surface area contributed by atoms with Crippen molar-refractivity contribution >= 4 is 5.91 Å². The first-order valence-electron chi connectivity index (χ1n) is 11.2. The lowest BCUT2D eigenvalue weighted by Gasteiger charge is -2.32. The summed E-state index contributed by atoms with van der Waals surface area (Å²) < 4.78 is 5.58. The van der Waals surface area contributed by atoms with Gasteiger partial charge < -0.3 is 9.64 Å². The number of hydrogen-bond acceptors (Lipinski definition) is 5. The molecule has 1 fully saturated rings. The molecule has 0 bridgehead atoms. The molecule has 2 heterocycles. The maximum Gasteiger partial charge on any atom is 0.226 e. The van der Waals surface area contributed by atoms with E-state index >= 15 is 0 Å². The first-order chi connectivity index (χ1) is 15.6. The smallest absolute Gasteiger partial charge is 0.226 e. The van der Waals surface area contributed by atoms with Crippen LogP contribution in [-0.2, 0) is 22.6 Å². The van der Waals surface area contributed by atoms with Crippen LogP contribution in [0.25, 0.3) is 11.3 Å². The molecule has 1 aliphatic carbocycles. The van der Waals surface area contributed by atoms with E-state index in [2.05, 4.69) is 22.1 Å². The summed E-state index contributed by atoms with van der Waals surface area (Å²) in [4.78, 5) is 29.2. The Kier molecular flexibility index (Phi) is 7.22. The molecular formula is C26H30N4O2. The Labute approximate surface area is 189 Å². The van der Waals surface area contributed by atoms with Crippen LogP contribution < -0.4 is 0 Å². The SMILES string of the molecule is CO[C@@H]1CCC[C@H](C(=O)N(Cc2ccccc2)Cc2nc(C)ncc2-c2ccccn2)C1. The Morgan fingerprint density at radius 2 is 1.88 bits per heavy atom. The summed E-state index contributed by atoms with van der Waals surface area (Å²) in [6, 6.07) is 15.9. The number of aryl methyl sites for hydroxylation is 1. The van der Waals surface area contributed by atoms with Gasteiger partial charge in [-0.15, -0.1) is 0 Å². The van der Waals surface area contributed by atoms with Gasteiger partial charge in [-0.1, -0.05) is 42.8 Å². The Morgan fingerprint density at radius 1 is 1.06 bits per heavy atom. The number of carbonyl (C=O) groups is 1. The summed E-state index contributed by atoms with van der Waals surface area (Å²) in [5.74, 6) is 0.821. The largest absolute Gasteiger partial charge is 0.381 e. The average molecular weight is 431 g/mol. The van der Waals surface area contributed by atoms with Gasteiger partial charge in [-0.3, -0.25) is 9.78 Å². The molecular weight excluding hydrogens is 400 g/mol. The summed E-state index contributed by atoms with van der Waals surface area (Å²) >= 11 is 0. The summed E-state index contributed by atoms with van der Waals surface area (Å²) in [5.41, 5.74) is 3.59. The number of pyridine rings is 1. The molecule has 0 radical (unpaired) electrons. The van der Waals surface area contributed by atoms with Crippen molar-refractivity contribution in [2.45, 2.75) is 51.8 Å². The van der Waals surface area contributed by atoms with Gasteiger partial charge in [0.1, 0.15) is 5.82 Å². The third-order valence-corrected chi connectivity index (χ3v) is 6.11. The normalized spacial score (nSPS) is 18.3.